The molecule has 0 spiro atoms. The van der Waals surface area contributed by atoms with Gasteiger partial charge in [0, 0.05) is 48.8 Å². The van der Waals surface area contributed by atoms with Crippen LogP contribution in [0.1, 0.15) is 12.1 Å². The maximum Gasteiger partial charge on any atom is 0.352 e. The number of rotatable bonds is 10. The lowest BCUT2D eigenvalue weighted by Gasteiger charge is -2.49. The fraction of sp³-hybridized carbons (Fsp3) is 0.348. The molecule has 7 N–H and O–H groups in total. The Labute approximate surface area is 251 Å². The second-order valence-corrected chi connectivity index (χ2v) is 12.1. The molecule has 4 aliphatic rings. The average molecular weight is 635 g/mol. The summed E-state index contributed by atoms with van der Waals surface area (Å²) in [6, 6.07) is -1.53. The zero-order valence-electron chi connectivity index (χ0n) is 22.1. The number of carboxylic acid groups (broad SMARTS) is 1. The molecule has 0 saturated carbocycles. The zero-order chi connectivity index (χ0) is 30.0. The number of thiazole rings is 1. The molecule has 1 saturated heterocycles. The number of hydrazone groups is 1. The van der Waals surface area contributed by atoms with Crippen molar-refractivity contribution in [2.24, 2.45) is 16.0 Å². The Kier molecular flexibility index (Phi) is 8.59. The Morgan fingerprint density at radius 2 is 2.14 bits per heavy atom. The fourth-order valence-corrected chi connectivity index (χ4v) is 7.21. The molecule has 5 rings (SSSR count). The van der Waals surface area contributed by atoms with Crippen molar-refractivity contribution >= 4 is 74.6 Å². The molecule has 42 heavy (non-hydrogen) atoms. The van der Waals surface area contributed by atoms with Crippen LogP contribution in [0.5, 0.6) is 0 Å². The first-order valence-corrected chi connectivity index (χ1v) is 15.3. The lowest BCUT2D eigenvalue weighted by Crippen LogP contribution is -2.71. The van der Waals surface area contributed by atoms with Crippen LogP contribution in [-0.4, -0.2) is 103 Å². The summed E-state index contributed by atoms with van der Waals surface area (Å²) in [5, 5.41) is 27.3. The van der Waals surface area contributed by atoms with E-state index in [0.717, 1.165) is 22.2 Å². The highest BCUT2D eigenvalue weighted by atomic mass is 32.2. The summed E-state index contributed by atoms with van der Waals surface area (Å²) in [6.45, 7) is 0.655. The minimum atomic E-state index is -1.23. The predicted octanol–water partition coefficient (Wildman–Crippen LogP) is -0.137. The number of nitrogens with zero attached hydrogens (tertiary/aromatic N) is 6. The number of aliphatic carboxylic acids is 1. The second kappa shape index (κ2) is 12.3. The number of amides is 4. The number of hydrogen-bond donors (Lipinski definition) is 5. The van der Waals surface area contributed by atoms with E-state index in [1.807, 2.05) is 11.0 Å². The van der Waals surface area contributed by atoms with E-state index in [4.69, 9.17) is 16.3 Å². The minimum Gasteiger partial charge on any atom is -0.477 e. The molecule has 4 amide bonds. The number of fused-ring (bicyclic) bond motifs is 2. The summed E-state index contributed by atoms with van der Waals surface area (Å²) in [5.74, 6) is -0.749. The number of hydrogen-bond acceptors (Lipinski definition) is 14. The van der Waals surface area contributed by atoms with Crippen molar-refractivity contribution < 1.29 is 29.1 Å². The van der Waals surface area contributed by atoms with Crippen molar-refractivity contribution in [1.82, 2.24) is 30.4 Å². The van der Waals surface area contributed by atoms with E-state index >= 15 is 0 Å². The van der Waals surface area contributed by atoms with Crippen molar-refractivity contribution in [1.29, 1.82) is 0 Å². The zero-order valence-corrected chi connectivity index (χ0v) is 24.5. The molecule has 0 radical (unpaired) electrons. The smallest absolute Gasteiger partial charge is 0.352 e. The third-order valence-corrected chi connectivity index (χ3v) is 9.33. The number of anilines is 1. The van der Waals surface area contributed by atoms with Gasteiger partial charge >= 0.3 is 12.0 Å². The summed E-state index contributed by atoms with van der Waals surface area (Å²) in [4.78, 5) is 61.2. The SMILES string of the molecule is CON=C(C(=O)N[C@@H]1C(=O)N2C(C(=O)O)=C(CN3C=CN4N=C(SCCNC(N)=O)CC=C34)CS[C@@H]12)c1csc(N)n1. The van der Waals surface area contributed by atoms with Crippen LogP contribution in [0.4, 0.5) is 9.93 Å². The Morgan fingerprint density at radius 1 is 1.33 bits per heavy atom. The predicted molar refractivity (Wildman–Crippen MR) is 158 cm³/mol. The fourth-order valence-electron chi connectivity index (χ4n) is 4.54. The van der Waals surface area contributed by atoms with E-state index < -0.39 is 35.2 Å². The maximum absolute atomic E-state index is 13.2. The lowest BCUT2D eigenvalue weighted by molar-refractivity contribution is -0.150. The number of carboxylic acids is 1. The van der Waals surface area contributed by atoms with Crippen LogP contribution < -0.4 is 22.1 Å². The number of primary amides is 1. The first-order valence-electron chi connectivity index (χ1n) is 12.4. The van der Waals surface area contributed by atoms with Crippen molar-refractivity contribution in [2.75, 3.05) is 37.4 Å². The normalized spacial score (nSPS) is 21.3. The summed E-state index contributed by atoms with van der Waals surface area (Å²) in [5.41, 5.74) is 11.3. The number of urea groups is 1. The Hall–Kier alpha value is -4.23. The molecule has 0 bridgehead atoms. The third kappa shape index (κ3) is 5.88. The number of β-lactam (4-membered cyclic amide) rings is 1. The minimum absolute atomic E-state index is 0.0998. The van der Waals surface area contributed by atoms with Gasteiger partial charge < -0.3 is 36.9 Å². The molecule has 4 aliphatic heterocycles. The molecule has 0 aliphatic carbocycles. The van der Waals surface area contributed by atoms with Crippen LogP contribution in [0.2, 0.25) is 0 Å². The van der Waals surface area contributed by atoms with Gasteiger partial charge in [-0.25, -0.2) is 19.6 Å². The van der Waals surface area contributed by atoms with E-state index in [1.54, 1.807) is 22.8 Å². The van der Waals surface area contributed by atoms with Crippen LogP contribution >= 0.6 is 34.9 Å². The van der Waals surface area contributed by atoms with Gasteiger partial charge in [-0.3, -0.25) is 14.5 Å². The van der Waals surface area contributed by atoms with Gasteiger partial charge in [0.15, 0.2) is 10.8 Å². The van der Waals surface area contributed by atoms with Gasteiger partial charge in [-0.2, -0.15) is 5.10 Å². The number of carbonyl (C=O) groups is 4. The molecule has 2 atom stereocenters. The quantitative estimate of drug-likeness (QED) is 0.0983. The van der Waals surface area contributed by atoms with Crippen molar-refractivity contribution in [3.8, 4) is 0 Å². The second-order valence-electron chi connectivity index (χ2n) is 8.98. The van der Waals surface area contributed by atoms with E-state index in [0.29, 0.717) is 30.0 Å². The molecule has 0 unspecified atom stereocenters. The maximum atomic E-state index is 13.2. The molecule has 1 aromatic rings. The molecular weight excluding hydrogens is 609 g/mol. The number of nitrogens with one attached hydrogen (secondary N) is 2. The number of allylic oxidation sites excluding steroid dienone is 1. The average Bonchev–Trinajstić information content (AvgIpc) is 3.57. The van der Waals surface area contributed by atoms with E-state index in [1.165, 1.54) is 35.5 Å². The molecular formula is C23H26N10O6S3. The van der Waals surface area contributed by atoms with E-state index in [2.05, 4.69) is 25.9 Å². The molecule has 16 nitrogen and oxygen atoms in total. The number of carbonyl (C=O) groups excluding carboxylic acids is 3. The monoisotopic (exact) mass is 634 g/mol. The number of aromatic nitrogens is 1. The third-order valence-electron chi connectivity index (χ3n) is 6.33. The van der Waals surface area contributed by atoms with Crippen molar-refractivity contribution in [3.05, 3.63) is 46.6 Å². The molecule has 19 heteroatoms. The number of thioether (sulfide) groups is 2. The molecule has 0 aromatic carbocycles. The molecule has 222 valence electrons. The highest BCUT2D eigenvalue weighted by Crippen LogP contribution is 2.41. The van der Waals surface area contributed by atoms with Crippen LogP contribution in [-0.2, 0) is 19.2 Å². The standard InChI is InChI=1S/C23H26N10O6S3/c1-39-30-15(12-10-42-23(25)27-12)18(34)28-16-19(35)33-17(21(36)37)11(9-41-20(16)33)8-31-5-6-32-14(31)3-2-13(29-32)40-7-4-26-22(24)38/h3,5-6,10,16,20H,2,4,7-9H2,1H3,(H2,25,27)(H,28,34)(H,36,37)(H3,24,26,38)/t16-,20+/m1/s1. The van der Waals surface area contributed by atoms with Crippen LogP contribution in [0, 0.1) is 0 Å². The Balaban J connectivity index is 1.24. The Bertz CT molecular complexity index is 1470. The topological polar surface area (TPSA) is 221 Å². The molecule has 1 fully saturated rings. The summed E-state index contributed by atoms with van der Waals surface area (Å²) >= 11 is 3.98. The van der Waals surface area contributed by atoms with Crippen molar-refractivity contribution in [2.45, 2.75) is 17.8 Å². The molecule has 1 aromatic heterocycles. The largest absolute Gasteiger partial charge is 0.477 e. The highest BCUT2D eigenvalue weighted by molar-refractivity contribution is 8.13. The van der Waals surface area contributed by atoms with Gasteiger partial charge in [-0.1, -0.05) is 5.16 Å². The van der Waals surface area contributed by atoms with Gasteiger partial charge in [0.25, 0.3) is 11.8 Å². The number of nitrogen functional groups attached to an aromatic ring is 1. The lowest BCUT2D eigenvalue weighted by atomic mass is 10.0. The van der Waals surface area contributed by atoms with Crippen LogP contribution in [0.3, 0.4) is 0 Å². The van der Waals surface area contributed by atoms with Gasteiger partial charge in [-0.05, 0) is 11.6 Å². The van der Waals surface area contributed by atoms with Gasteiger partial charge in [0.05, 0.1) is 5.04 Å². The first-order chi connectivity index (χ1) is 20.2. The number of oxime groups is 1. The van der Waals surface area contributed by atoms with Gasteiger partial charge in [0.1, 0.15) is 35.7 Å². The van der Waals surface area contributed by atoms with Gasteiger partial charge in [-0.15, -0.1) is 34.9 Å². The highest BCUT2D eigenvalue weighted by Gasteiger charge is 2.54. The molecule has 5 heterocycles. The van der Waals surface area contributed by atoms with Gasteiger partial charge in [0.2, 0.25) is 0 Å². The van der Waals surface area contributed by atoms with Crippen LogP contribution in [0.15, 0.2) is 51.2 Å². The Morgan fingerprint density at radius 3 is 2.83 bits per heavy atom. The number of nitrogens with two attached hydrogens (primary N) is 2. The van der Waals surface area contributed by atoms with E-state index in [-0.39, 0.29) is 28.8 Å². The summed E-state index contributed by atoms with van der Waals surface area (Å²) < 4.78 is 0. The van der Waals surface area contributed by atoms with Crippen LogP contribution in [0.25, 0.3) is 0 Å². The van der Waals surface area contributed by atoms with Crippen molar-refractivity contribution in [3.63, 3.8) is 0 Å². The first kappa shape index (κ1) is 29.3. The summed E-state index contributed by atoms with van der Waals surface area (Å²) in [6.07, 6.45) is 6.11. The van der Waals surface area contributed by atoms with E-state index in [9.17, 15) is 24.3 Å². The summed E-state index contributed by atoms with van der Waals surface area (Å²) in [7, 11) is 1.27.